The first kappa shape index (κ1) is 29.2. The number of carbonyl (C=O) groups is 4. The molecule has 0 radical (unpaired) electrons. The van der Waals surface area contributed by atoms with Gasteiger partial charge in [-0.15, -0.1) is 0 Å². The molecule has 7 nitrogen and oxygen atoms in total. The summed E-state index contributed by atoms with van der Waals surface area (Å²) in [6.45, 7) is 4.94. The minimum atomic E-state index is -0.725. The quantitative estimate of drug-likeness (QED) is 0.287. The van der Waals surface area contributed by atoms with Crippen LogP contribution < -0.4 is 5.32 Å². The third-order valence-corrected chi connectivity index (χ3v) is 7.40. The minimum Gasteiger partial charge on any atom is -0.354 e. The molecule has 4 rings (SSSR count). The number of rotatable bonds is 12. The molecule has 0 fully saturated rings. The highest BCUT2D eigenvalue weighted by Gasteiger charge is 2.35. The number of halogens is 1. The second-order valence-corrected chi connectivity index (χ2v) is 11.3. The van der Waals surface area contributed by atoms with Crippen LogP contribution >= 0.6 is 15.9 Å². The maximum absolute atomic E-state index is 13.8. The van der Waals surface area contributed by atoms with Crippen LogP contribution in [0.25, 0.3) is 0 Å². The van der Waals surface area contributed by atoms with Gasteiger partial charge in [0.1, 0.15) is 6.04 Å². The topological polar surface area (TPSA) is 86.8 Å². The predicted octanol–water partition coefficient (Wildman–Crippen LogP) is 5.24. The summed E-state index contributed by atoms with van der Waals surface area (Å²) in [5.74, 6) is -0.829. The van der Waals surface area contributed by atoms with Gasteiger partial charge in [0.2, 0.25) is 11.8 Å². The van der Waals surface area contributed by atoms with Crippen LogP contribution in [0.5, 0.6) is 0 Å². The average Bonchev–Trinajstić information content (AvgIpc) is 3.20. The van der Waals surface area contributed by atoms with E-state index in [0.29, 0.717) is 30.5 Å². The van der Waals surface area contributed by atoms with Crippen LogP contribution in [0.3, 0.4) is 0 Å². The van der Waals surface area contributed by atoms with Crippen LogP contribution in [0.2, 0.25) is 0 Å². The van der Waals surface area contributed by atoms with Crippen molar-refractivity contribution in [3.05, 3.63) is 106 Å². The van der Waals surface area contributed by atoms with E-state index in [0.717, 1.165) is 15.6 Å². The lowest BCUT2D eigenvalue weighted by Gasteiger charge is -2.32. The van der Waals surface area contributed by atoms with E-state index < -0.39 is 6.04 Å². The Morgan fingerprint density at radius 1 is 0.850 bits per heavy atom. The van der Waals surface area contributed by atoms with E-state index in [1.807, 2.05) is 68.4 Å². The van der Waals surface area contributed by atoms with Gasteiger partial charge in [-0.05, 0) is 47.7 Å². The number of fused-ring (bicyclic) bond motifs is 1. The van der Waals surface area contributed by atoms with Crippen LogP contribution in [0.4, 0.5) is 0 Å². The van der Waals surface area contributed by atoms with E-state index in [9.17, 15) is 19.2 Å². The smallest absolute Gasteiger partial charge is 0.261 e. The van der Waals surface area contributed by atoms with Crippen LogP contribution in [0.15, 0.2) is 83.3 Å². The Bertz CT molecular complexity index is 1320. The molecule has 1 unspecified atom stereocenters. The third-order valence-electron chi connectivity index (χ3n) is 6.87. The number of benzene rings is 3. The van der Waals surface area contributed by atoms with Crippen molar-refractivity contribution < 1.29 is 19.2 Å². The van der Waals surface area contributed by atoms with Crippen LogP contribution in [-0.2, 0) is 22.6 Å². The molecule has 1 N–H and O–H groups in total. The summed E-state index contributed by atoms with van der Waals surface area (Å²) in [5, 5.41) is 3.02. The molecule has 3 aromatic carbocycles. The standard InChI is InChI=1S/C32H34BrN3O4/c1-22(2)20-34-30(38)28(19-23-9-4-3-5-10-23)36(21-24-14-16-25(33)17-15-24)29(37)13-8-18-35-31(39)26-11-6-7-12-27(26)32(35)40/h3-7,9-12,14-17,22,28H,8,13,18-21H2,1-2H3,(H,34,38). The number of nitrogens with zero attached hydrogens (tertiary/aromatic N) is 2. The second-order valence-electron chi connectivity index (χ2n) is 10.4. The van der Waals surface area contributed by atoms with Crippen molar-refractivity contribution in [3.8, 4) is 0 Å². The SMILES string of the molecule is CC(C)CNC(=O)C(Cc1ccccc1)N(Cc1ccc(Br)cc1)C(=O)CCCN1C(=O)c2ccccc2C1=O. The molecular weight excluding hydrogens is 570 g/mol. The highest BCUT2D eigenvalue weighted by Crippen LogP contribution is 2.23. The van der Waals surface area contributed by atoms with E-state index in [4.69, 9.17) is 0 Å². The molecule has 1 aliphatic rings. The maximum Gasteiger partial charge on any atom is 0.261 e. The zero-order valence-electron chi connectivity index (χ0n) is 22.8. The van der Waals surface area contributed by atoms with Gasteiger partial charge in [-0.2, -0.15) is 0 Å². The molecular formula is C32H34BrN3O4. The van der Waals surface area contributed by atoms with Gasteiger partial charge in [0, 0.05) is 36.9 Å². The molecule has 0 saturated heterocycles. The Balaban J connectivity index is 1.53. The Kier molecular flexibility index (Phi) is 9.88. The molecule has 208 valence electrons. The summed E-state index contributed by atoms with van der Waals surface area (Å²) in [7, 11) is 0. The zero-order chi connectivity index (χ0) is 28.6. The summed E-state index contributed by atoms with van der Waals surface area (Å²) in [4.78, 5) is 55.7. The molecule has 8 heteroatoms. The number of nitrogens with one attached hydrogen (secondary N) is 1. The van der Waals surface area contributed by atoms with E-state index >= 15 is 0 Å². The van der Waals surface area contributed by atoms with E-state index in [1.54, 1.807) is 29.2 Å². The first-order chi connectivity index (χ1) is 19.2. The third kappa shape index (κ3) is 7.24. The van der Waals surface area contributed by atoms with Gasteiger partial charge in [0.25, 0.3) is 11.8 Å². The molecule has 3 aromatic rings. The number of amides is 4. The number of hydrogen-bond donors (Lipinski definition) is 1. The summed E-state index contributed by atoms with van der Waals surface area (Å²) >= 11 is 3.45. The molecule has 1 atom stereocenters. The zero-order valence-corrected chi connectivity index (χ0v) is 24.4. The Labute approximate surface area is 243 Å². The molecule has 0 saturated carbocycles. The van der Waals surface area contributed by atoms with Gasteiger partial charge in [-0.1, -0.05) is 84.4 Å². The molecule has 0 aromatic heterocycles. The lowest BCUT2D eigenvalue weighted by atomic mass is 10.0. The van der Waals surface area contributed by atoms with Crippen molar-refractivity contribution >= 4 is 39.6 Å². The van der Waals surface area contributed by atoms with Crippen molar-refractivity contribution in [1.82, 2.24) is 15.1 Å². The largest absolute Gasteiger partial charge is 0.354 e. The molecule has 0 spiro atoms. The normalized spacial score (nSPS) is 13.3. The highest BCUT2D eigenvalue weighted by molar-refractivity contribution is 9.10. The van der Waals surface area contributed by atoms with E-state index in [-0.39, 0.29) is 49.1 Å². The van der Waals surface area contributed by atoms with Gasteiger partial charge in [0.05, 0.1) is 11.1 Å². The predicted molar refractivity (Wildman–Crippen MR) is 158 cm³/mol. The fraction of sp³-hybridized carbons (Fsp3) is 0.312. The van der Waals surface area contributed by atoms with E-state index in [2.05, 4.69) is 21.2 Å². The maximum atomic E-state index is 13.8. The lowest BCUT2D eigenvalue weighted by molar-refractivity contribution is -0.141. The summed E-state index contributed by atoms with van der Waals surface area (Å²) < 4.78 is 0.922. The summed E-state index contributed by atoms with van der Waals surface area (Å²) in [5.41, 5.74) is 2.62. The van der Waals surface area contributed by atoms with Crippen LogP contribution in [0.1, 0.15) is 58.5 Å². The van der Waals surface area contributed by atoms with Gasteiger partial charge < -0.3 is 10.2 Å². The van der Waals surface area contributed by atoms with Gasteiger partial charge in [-0.25, -0.2) is 0 Å². The molecule has 1 heterocycles. The van der Waals surface area contributed by atoms with Gasteiger partial charge in [-0.3, -0.25) is 24.1 Å². The fourth-order valence-electron chi connectivity index (χ4n) is 4.74. The van der Waals surface area contributed by atoms with Crippen LogP contribution in [-0.4, -0.2) is 52.6 Å². The number of carbonyl (C=O) groups excluding carboxylic acids is 4. The average molecular weight is 605 g/mol. The van der Waals surface area contributed by atoms with Gasteiger partial charge in [0.15, 0.2) is 0 Å². The fourth-order valence-corrected chi connectivity index (χ4v) is 5.00. The number of imide groups is 1. The van der Waals surface area contributed by atoms with E-state index in [1.165, 1.54) is 4.90 Å². The summed E-state index contributed by atoms with van der Waals surface area (Å²) in [6.07, 6.45) is 0.755. The molecule has 0 bridgehead atoms. The van der Waals surface area contributed by atoms with Gasteiger partial charge >= 0.3 is 0 Å². The second kappa shape index (κ2) is 13.5. The van der Waals surface area contributed by atoms with Crippen molar-refractivity contribution in [2.75, 3.05) is 13.1 Å². The molecule has 0 aliphatic carbocycles. The molecule has 40 heavy (non-hydrogen) atoms. The Hall–Kier alpha value is -3.78. The molecule has 4 amide bonds. The first-order valence-corrected chi connectivity index (χ1v) is 14.3. The highest BCUT2D eigenvalue weighted by atomic mass is 79.9. The molecule has 1 aliphatic heterocycles. The van der Waals surface area contributed by atoms with Crippen molar-refractivity contribution in [3.63, 3.8) is 0 Å². The summed E-state index contributed by atoms with van der Waals surface area (Å²) in [6, 6.07) is 23.3. The van der Waals surface area contributed by atoms with Crippen molar-refractivity contribution in [2.45, 2.75) is 45.7 Å². The van der Waals surface area contributed by atoms with Crippen molar-refractivity contribution in [2.24, 2.45) is 5.92 Å². The Morgan fingerprint density at radius 2 is 1.45 bits per heavy atom. The monoisotopic (exact) mass is 603 g/mol. The Morgan fingerprint density at radius 3 is 2.05 bits per heavy atom. The lowest BCUT2D eigenvalue weighted by Crippen LogP contribution is -2.51. The first-order valence-electron chi connectivity index (χ1n) is 13.6. The van der Waals surface area contributed by atoms with Crippen molar-refractivity contribution in [1.29, 1.82) is 0 Å². The van der Waals surface area contributed by atoms with Crippen LogP contribution in [0, 0.1) is 5.92 Å². The number of hydrogen-bond acceptors (Lipinski definition) is 4. The minimum absolute atomic E-state index is 0.0900.